The number of hydrogen-bond donors (Lipinski definition) is 4. The molecule has 37 heavy (non-hydrogen) atoms. The number of pyridine rings is 1. The molecule has 0 bridgehead atoms. The number of benzene rings is 2. The minimum Gasteiger partial charge on any atom is -0.350 e. The van der Waals surface area contributed by atoms with Gasteiger partial charge in [0, 0.05) is 24.3 Å². The molecule has 5 rings (SSSR count). The van der Waals surface area contributed by atoms with Crippen molar-refractivity contribution in [1.29, 1.82) is 0 Å². The summed E-state index contributed by atoms with van der Waals surface area (Å²) in [5.74, 6) is -0.0592. The molecule has 190 valence electrons. The van der Waals surface area contributed by atoms with Crippen molar-refractivity contribution in [3.63, 3.8) is 0 Å². The molecule has 2 aromatic heterocycles. The third-order valence-electron chi connectivity index (χ3n) is 6.91. The molecule has 1 fully saturated rings. The lowest BCUT2D eigenvalue weighted by atomic mass is 9.91. The maximum atomic E-state index is 12.9. The van der Waals surface area contributed by atoms with Gasteiger partial charge in [0.2, 0.25) is 11.8 Å². The molecule has 8 heteroatoms. The fraction of sp³-hybridized carbons (Fsp3) is 0.276. The van der Waals surface area contributed by atoms with Crippen molar-refractivity contribution < 1.29 is 9.59 Å². The maximum absolute atomic E-state index is 12.9. The van der Waals surface area contributed by atoms with Gasteiger partial charge in [0.1, 0.15) is 11.7 Å². The van der Waals surface area contributed by atoms with E-state index in [1.807, 2.05) is 24.3 Å². The van der Waals surface area contributed by atoms with Crippen LogP contribution in [0.1, 0.15) is 24.5 Å². The Balaban J connectivity index is 1.12. The van der Waals surface area contributed by atoms with Gasteiger partial charge in [-0.2, -0.15) is 0 Å². The average molecular weight is 516 g/mol. The van der Waals surface area contributed by atoms with Crippen molar-refractivity contribution in [2.75, 3.05) is 6.54 Å². The standard InChI is InChI=1S/C29H30ClN5O2/c1-18(28(36)34-16-20-12-24-25(30)17-33-27(24)32-15-20)35-29(37)26-13-19(14-31-26)11-22-9-5-6-10-23(22)21-7-3-2-4-8-21/h2-10,12,15,17-19,26,31H,11,13-14,16H2,1H3,(H,32,33)(H,34,36)(H,35,37)/t18-,19-,26+/m0/s1. The fourth-order valence-electron chi connectivity index (χ4n) is 4.91. The molecule has 0 spiro atoms. The third-order valence-corrected chi connectivity index (χ3v) is 7.22. The molecule has 0 aliphatic carbocycles. The Morgan fingerprint density at radius 1 is 1.14 bits per heavy atom. The highest BCUT2D eigenvalue weighted by Crippen LogP contribution is 2.28. The van der Waals surface area contributed by atoms with Gasteiger partial charge in [-0.25, -0.2) is 4.98 Å². The first kappa shape index (κ1) is 25.0. The van der Waals surface area contributed by atoms with Crippen LogP contribution in [0.15, 0.2) is 73.1 Å². The number of rotatable bonds is 8. The normalized spacial score (nSPS) is 18.0. The van der Waals surface area contributed by atoms with Crippen molar-refractivity contribution in [3.8, 4) is 11.1 Å². The molecule has 0 saturated carbocycles. The number of fused-ring (bicyclic) bond motifs is 1. The Hall–Kier alpha value is -3.68. The van der Waals surface area contributed by atoms with Crippen LogP contribution in [0.2, 0.25) is 5.02 Å². The van der Waals surface area contributed by atoms with Crippen LogP contribution in [-0.2, 0) is 22.6 Å². The molecule has 4 N–H and O–H groups in total. The summed E-state index contributed by atoms with van der Waals surface area (Å²) in [6.07, 6.45) is 4.99. The quantitative estimate of drug-likeness (QED) is 0.282. The highest BCUT2D eigenvalue weighted by molar-refractivity contribution is 6.35. The van der Waals surface area contributed by atoms with Crippen LogP contribution in [0.25, 0.3) is 22.2 Å². The first-order chi connectivity index (χ1) is 18.0. The van der Waals surface area contributed by atoms with Gasteiger partial charge in [0.05, 0.1) is 11.1 Å². The van der Waals surface area contributed by atoms with Gasteiger partial charge in [-0.3, -0.25) is 9.59 Å². The van der Waals surface area contributed by atoms with Gasteiger partial charge in [-0.05, 0) is 60.5 Å². The lowest BCUT2D eigenvalue weighted by Crippen LogP contribution is -2.49. The van der Waals surface area contributed by atoms with Crippen molar-refractivity contribution >= 4 is 34.4 Å². The molecule has 2 amide bonds. The van der Waals surface area contributed by atoms with E-state index in [2.05, 4.69) is 62.3 Å². The number of carbonyl (C=O) groups excluding carboxylic acids is 2. The van der Waals surface area contributed by atoms with E-state index in [0.29, 0.717) is 23.1 Å². The summed E-state index contributed by atoms with van der Waals surface area (Å²) in [6, 6.07) is 19.7. The second-order valence-corrected chi connectivity index (χ2v) is 10.0. The van der Waals surface area contributed by atoms with E-state index in [0.717, 1.165) is 30.3 Å². The van der Waals surface area contributed by atoms with Gasteiger partial charge in [0.25, 0.3) is 0 Å². The van der Waals surface area contributed by atoms with E-state index >= 15 is 0 Å². The van der Waals surface area contributed by atoms with Crippen molar-refractivity contribution in [3.05, 3.63) is 89.2 Å². The number of H-pyrrole nitrogens is 1. The Morgan fingerprint density at radius 3 is 2.76 bits per heavy atom. The van der Waals surface area contributed by atoms with Crippen LogP contribution in [0.4, 0.5) is 0 Å². The summed E-state index contributed by atoms with van der Waals surface area (Å²) in [6.45, 7) is 2.76. The first-order valence-electron chi connectivity index (χ1n) is 12.5. The monoisotopic (exact) mass is 515 g/mol. The molecule has 1 saturated heterocycles. The van der Waals surface area contributed by atoms with Crippen LogP contribution in [0.3, 0.4) is 0 Å². The topological polar surface area (TPSA) is 98.9 Å². The maximum Gasteiger partial charge on any atom is 0.242 e. The minimum atomic E-state index is -0.653. The van der Waals surface area contributed by atoms with E-state index in [9.17, 15) is 9.59 Å². The Bertz CT molecular complexity index is 1400. The molecule has 1 aliphatic rings. The van der Waals surface area contributed by atoms with E-state index < -0.39 is 6.04 Å². The predicted molar refractivity (Wildman–Crippen MR) is 146 cm³/mol. The van der Waals surface area contributed by atoms with E-state index in [4.69, 9.17) is 11.6 Å². The second-order valence-electron chi connectivity index (χ2n) is 9.61. The highest BCUT2D eigenvalue weighted by Gasteiger charge is 2.31. The summed E-state index contributed by atoms with van der Waals surface area (Å²) < 4.78 is 0. The number of amides is 2. The number of aromatic amines is 1. The van der Waals surface area contributed by atoms with E-state index in [1.165, 1.54) is 16.7 Å². The molecular weight excluding hydrogens is 486 g/mol. The van der Waals surface area contributed by atoms with Crippen molar-refractivity contribution in [1.82, 2.24) is 25.9 Å². The molecular formula is C29H30ClN5O2. The average Bonchev–Trinajstić information content (AvgIpc) is 3.54. The Kier molecular flexibility index (Phi) is 7.53. The first-order valence-corrected chi connectivity index (χ1v) is 12.9. The smallest absolute Gasteiger partial charge is 0.242 e. The lowest BCUT2D eigenvalue weighted by Gasteiger charge is -2.17. The van der Waals surface area contributed by atoms with Crippen molar-refractivity contribution in [2.24, 2.45) is 5.92 Å². The highest BCUT2D eigenvalue weighted by atomic mass is 35.5. The molecule has 3 heterocycles. The number of halogens is 1. The zero-order chi connectivity index (χ0) is 25.8. The molecule has 7 nitrogen and oxygen atoms in total. The zero-order valence-electron chi connectivity index (χ0n) is 20.6. The number of carbonyl (C=O) groups is 2. The number of nitrogens with zero attached hydrogens (tertiary/aromatic N) is 1. The summed E-state index contributed by atoms with van der Waals surface area (Å²) in [5.41, 5.74) is 5.24. The molecule has 1 aliphatic heterocycles. The fourth-order valence-corrected chi connectivity index (χ4v) is 5.10. The molecule has 4 aromatic rings. The van der Waals surface area contributed by atoms with Crippen LogP contribution in [-0.4, -0.2) is 40.4 Å². The van der Waals surface area contributed by atoms with Gasteiger partial charge in [-0.15, -0.1) is 0 Å². The number of hydrogen-bond acceptors (Lipinski definition) is 4. The van der Waals surface area contributed by atoms with E-state index in [-0.39, 0.29) is 17.9 Å². The van der Waals surface area contributed by atoms with E-state index in [1.54, 1.807) is 19.3 Å². The third kappa shape index (κ3) is 5.84. The van der Waals surface area contributed by atoms with Crippen LogP contribution < -0.4 is 16.0 Å². The van der Waals surface area contributed by atoms with Crippen LogP contribution >= 0.6 is 11.6 Å². The van der Waals surface area contributed by atoms with Crippen molar-refractivity contribution in [2.45, 2.75) is 38.4 Å². The zero-order valence-corrected chi connectivity index (χ0v) is 21.4. The van der Waals surface area contributed by atoms with Gasteiger partial charge >= 0.3 is 0 Å². The molecule has 3 atom stereocenters. The summed E-state index contributed by atoms with van der Waals surface area (Å²) in [4.78, 5) is 32.8. The Labute approximate surface area is 221 Å². The second kappa shape index (κ2) is 11.2. The predicted octanol–water partition coefficient (Wildman–Crippen LogP) is 4.23. The SMILES string of the molecule is C[C@H](NC(=O)[C@H]1C[C@H](Cc2ccccc2-c2ccccc2)CN1)C(=O)NCc1cnc2[nH]cc(Cl)c2c1. The van der Waals surface area contributed by atoms with Gasteiger partial charge < -0.3 is 20.9 Å². The van der Waals surface area contributed by atoms with Gasteiger partial charge in [0.15, 0.2) is 0 Å². The minimum absolute atomic E-state index is 0.149. The lowest BCUT2D eigenvalue weighted by molar-refractivity contribution is -0.129. The van der Waals surface area contributed by atoms with Crippen LogP contribution in [0, 0.1) is 5.92 Å². The van der Waals surface area contributed by atoms with Gasteiger partial charge in [-0.1, -0.05) is 66.2 Å². The number of nitrogens with one attached hydrogen (secondary N) is 4. The van der Waals surface area contributed by atoms with Crippen LogP contribution in [0.5, 0.6) is 0 Å². The summed E-state index contributed by atoms with van der Waals surface area (Å²) >= 11 is 6.16. The largest absolute Gasteiger partial charge is 0.350 e. The Morgan fingerprint density at radius 2 is 1.92 bits per heavy atom. The molecule has 2 aromatic carbocycles. The summed E-state index contributed by atoms with van der Waals surface area (Å²) in [7, 11) is 0. The summed E-state index contributed by atoms with van der Waals surface area (Å²) in [5, 5.41) is 10.5. The number of aromatic nitrogens is 2. The molecule has 0 unspecified atom stereocenters. The molecule has 0 radical (unpaired) electrons.